The Morgan fingerprint density at radius 2 is 1.26 bits per heavy atom. The van der Waals surface area contributed by atoms with Crippen LogP contribution in [0.25, 0.3) is 0 Å². The summed E-state index contributed by atoms with van der Waals surface area (Å²) in [6, 6.07) is 0. The smallest absolute Gasteiger partial charge is 0.233 e. The van der Waals surface area contributed by atoms with Crippen molar-refractivity contribution in [1.82, 2.24) is 0 Å². The van der Waals surface area contributed by atoms with Crippen molar-refractivity contribution in [2.45, 2.75) is 82.7 Å². The summed E-state index contributed by atoms with van der Waals surface area (Å²) in [5.41, 5.74) is 0. The highest BCUT2D eigenvalue weighted by molar-refractivity contribution is 4.77. The van der Waals surface area contributed by atoms with E-state index in [1.54, 1.807) is 0 Å². The lowest BCUT2D eigenvalue weighted by Crippen LogP contribution is -2.41. The highest BCUT2D eigenvalue weighted by atomic mass is 17.3. The van der Waals surface area contributed by atoms with Crippen molar-refractivity contribution >= 4 is 0 Å². The van der Waals surface area contributed by atoms with Crippen molar-refractivity contribution in [3.05, 3.63) is 0 Å². The Kier molecular flexibility index (Phi) is 5.59. The highest BCUT2D eigenvalue weighted by Gasteiger charge is 2.42. The van der Waals surface area contributed by atoms with Crippen LogP contribution in [-0.2, 0) is 19.4 Å². The van der Waals surface area contributed by atoms with Gasteiger partial charge in [-0.25, -0.2) is 10.1 Å². The first-order valence-corrected chi connectivity index (χ1v) is 7.58. The monoisotopic (exact) mass is 274 g/mol. The molecule has 0 unspecified atom stereocenters. The largest absolute Gasteiger partial charge is 0.348 e. The Morgan fingerprint density at radius 1 is 0.789 bits per heavy atom. The van der Waals surface area contributed by atoms with E-state index < -0.39 is 11.6 Å². The maximum atomic E-state index is 9.21. The number of hydrogen-bond acceptors (Lipinski definition) is 5. The molecule has 0 aliphatic heterocycles. The standard InChI is InChI=1S/C14H26O5/c1-2-16-13(9-7-8-10-13)18-19-14(17-15)11-5-3-4-6-12-14/h15H,2-12H2,1H3. The van der Waals surface area contributed by atoms with Gasteiger partial charge in [0.2, 0.25) is 11.6 Å². The molecule has 2 aliphatic carbocycles. The summed E-state index contributed by atoms with van der Waals surface area (Å²) in [7, 11) is 0. The lowest BCUT2D eigenvalue weighted by Gasteiger charge is -2.33. The van der Waals surface area contributed by atoms with Crippen LogP contribution in [0, 0.1) is 0 Å². The van der Waals surface area contributed by atoms with Gasteiger partial charge >= 0.3 is 0 Å². The van der Waals surface area contributed by atoms with Crippen LogP contribution in [0.15, 0.2) is 0 Å². The van der Waals surface area contributed by atoms with Gasteiger partial charge in [-0.05, 0) is 32.6 Å². The first-order valence-electron chi connectivity index (χ1n) is 7.58. The third kappa shape index (κ3) is 3.89. The summed E-state index contributed by atoms with van der Waals surface area (Å²) >= 11 is 0. The normalized spacial score (nSPS) is 26.2. The second-order valence-corrected chi connectivity index (χ2v) is 5.63. The predicted molar refractivity (Wildman–Crippen MR) is 69.1 cm³/mol. The maximum Gasteiger partial charge on any atom is 0.233 e. The molecule has 0 atom stereocenters. The van der Waals surface area contributed by atoms with Crippen LogP contribution in [0.1, 0.15) is 71.1 Å². The molecule has 0 spiro atoms. The van der Waals surface area contributed by atoms with Crippen molar-refractivity contribution in [3.63, 3.8) is 0 Å². The van der Waals surface area contributed by atoms with E-state index in [1.165, 1.54) is 0 Å². The molecule has 5 nitrogen and oxygen atoms in total. The van der Waals surface area contributed by atoms with E-state index in [2.05, 4.69) is 4.89 Å². The van der Waals surface area contributed by atoms with Gasteiger partial charge in [0.25, 0.3) is 0 Å². The Bertz CT molecular complexity index is 255. The third-order valence-corrected chi connectivity index (χ3v) is 4.15. The molecule has 19 heavy (non-hydrogen) atoms. The molecule has 5 heteroatoms. The van der Waals surface area contributed by atoms with Gasteiger partial charge in [0.05, 0.1) is 0 Å². The van der Waals surface area contributed by atoms with Crippen molar-refractivity contribution in [3.8, 4) is 0 Å². The molecule has 2 aliphatic rings. The van der Waals surface area contributed by atoms with Crippen molar-refractivity contribution < 1.29 is 24.7 Å². The zero-order valence-corrected chi connectivity index (χ0v) is 11.9. The fourth-order valence-electron chi connectivity index (χ4n) is 3.04. The van der Waals surface area contributed by atoms with Crippen LogP contribution in [0.2, 0.25) is 0 Å². The Morgan fingerprint density at radius 3 is 1.79 bits per heavy atom. The van der Waals surface area contributed by atoms with Gasteiger partial charge in [0.1, 0.15) is 0 Å². The fraction of sp³-hybridized carbons (Fsp3) is 1.00. The van der Waals surface area contributed by atoms with Crippen LogP contribution in [0.5, 0.6) is 0 Å². The van der Waals surface area contributed by atoms with Crippen molar-refractivity contribution in [2.24, 2.45) is 0 Å². The van der Waals surface area contributed by atoms with Crippen LogP contribution in [0.3, 0.4) is 0 Å². The molecular weight excluding hydrogens is 248 g/mol. The summed E-state index contributed by atoms with van der Waals surface area (Å²) in [6.45, 7) is 2.55. The van der Waals surface area contributed by atoms with E-state index in [1.807, 2.05) is 6.92 Å². The lowest BCUT2D eigenvalue weighted by molar-refractivity contribution is -0.546. The summed E-state index contributed by atoms with van der Waals surface area (Å²) in [5, 5.41) is 9.21. The molecule has 0 heterocycles. The number of ether oxygens (including phenoxy) is 1. The summed E-state index contributed by atoms with van der Waals surface area (Å²) < 4.78 is 5.72. The topological polar surface area (TPSA) is 57.2 Å². The van der Waals surface area contributed by atoms with E-state index in [0.29, 0.717) is 19.4 Å². The molecule has 0 radical (unpaired) electrons. The molecule has 0 aromatic carbocycles. The van der Waals surface area contributed by atoms with E-state index in [0.717, 1.165) is 51.4 Å². The van der Waals surface area contributed by atoms with Gasteiger partial charge in [-0.3, -0.25) is 0 Å². The molecule has 2 fully saturated rings. The zero-order chi connectivity index (χ0) is 13.6. The SMILES string of the molecule is CCOC1(OOC2(OO)CCCCCC2)CCCC1. The second-order valence-electron chi connectivity index (χ2n) is 5.63. The first kappa shape index (κ1) is 15.2. The Labute approximate surface area is 115 Å². The lowest BCUT2D eigenvalue weighted by atomic mass is 10.1. The predicted octanol–water partition coefficient (Wildman–Crippen LogP) is 3.78. The Hall–Kier alpha value is -0.200. The highest BCUT2D eigenvalue weighted by Crippen LogP contribution is 2.38. The van der Waals surface area contributed by atoms with E-state index in [-0.39, 0.29) is 0 Å². The van der Waals surface area contributed by atoms with E-state index >= 15 is 0 Å². The van der Waals surface area contributed by atoms with Crippen molar-refractivity contribution in [1.29, 1.82) is 0 Å². The molecular formula is C14H26O5. The minimum Gasteiger partial charge on any atom is -0.348 e. The van der Waals surface area contributed by atoms with Crippen LogP contribution >= 0.6 is 0 Å². The average Bonchev–Trinajstić information content (AvgIpc) is 2.75. The molecule has 0 amide bonds. The Balaban J connectivity index is 1.93. The van der Waals surface area contributed by atoms with Gasteiger partial charge < -0.3 is 4.74 Å². The third-order valence-electron chi connectivity index (χ3n) is 4.15. The first-order chi connectivity index (χ1) is 9.24. The summed E-state index contributed by atoms with van der Waals surface area (Å²) in [4.78, 5) is 15.8. The summed E-state index contributed by atoms with van der Waals surface area (Å²) in [5.74, 6) is -1.66. The molecule has 1 N–H and O–H groups in total. The van der Waals surface area contributed by atoms with Gasteiger partial charge in [0, 0.05) is 32.3 Å². The van der Waals surface area contributed by atoms with Crippen LogP contribution < -0.4 is 0 Å². The minimum absolute atomic E-state index is 0.594. The average molecular weight is 274 g/mol. The van der Waals surface area contributed by atoms with Gasteiger partial charge in [0.15, 0.2) is 0 Å². The maximum absolute atomic E-state index is 9.21. The molecule has 0 aromatic heterocycles. The number of hydrogen-bond donors (Lipinski definition) is 1. The van der Waals surface area contributed by atoms with E-state index in [4.69, 9.17) is 14.5 Å². The minimum atomic E-state index is -1.01. The quantitative estimate of drug-likeness (QED) is 0.346. The second kappa shape index (κ2) is 6.99. The molecule has 2 saturated carbocycles. The molecule has 112 valence electrons. The molecule has 2 rings (SSSR count). The molecule has 0 aromatic rings. The van der Waals surface area contributed by atoms with Crippen molar-refractivity contribution in [2.75, 3.05) is 6.61 Å². The molecule has 0 saturated heterocycles. The van der Waals surface area contributed by atoms with Gasteiger partial charge in [-0.15, -0.1) is 0 Å². The zero-order valence-electron chi connectivity index (χ0n) is 11.9. The van der Waals surface area contributed by atoms with Crippen LogP contribution in [0.4, 0.5) is 0 Å². The van der Waals surface area contributed by atoms with Crippen LogP contribution in [-0.4, -0.2) is 23.4 Å². The van der Waals surface area contributed by atoms with Gasteiger partial charge in [-0.2, -0.15) is 9.78 Å². The van der Waals surface area contributed by atoms with E-state index in [9.17, 15) is 5.26 Å². The summed E-state index contributed by atoms with van der Waals surface area (Å²) in [6.07, 6.45) is 9.39. The van der Waals surface area contributed by atoms with Gasteiger partial charge in [-0.1, -0.05) is 12.8 Å². The molecule has 0 bridgehead atoms. The number of rotatable bonds is 6. The fourth-order valence-corrected chi connectivity index (χ4v) is 3.04.